The zero-order valence-corrected chi connectivity index (χ0v) is 11.4. The number of phenols is 1. The molecular weight excluding hydrogens is 257 g/mol. The molecule has 0 aromatic heterocycles. The third kappa shape index (κ3) is 3.71. The Morgan fingerprint density at radius 3 is 2.75 bits per heavy atom. The van der Waals surface area contributed by atoms with E-state index in [0.29, 0.717) is 12.1 Å². The molecule has 0 radical (unpaired) electrons. The summed E-state index contributed by atoms with van der Waals surface area (Å²) in [5, 5.41) is 12.8. The van der Waals surface area contributed by atoms with Gasteiger partial charge >= 0.3 is 0 Å². The van der Waals surface area contributed by atoms with Crippen LogP contribution in [0.15, 0.2) is 42.5 Å². The predicted octanol–water partition coefficient (Wildman–Crippen LogP) is 2.87. The fraction of sp³-hybridized carbons (Fsp3) is 0.250. The fourth-order valence-corrected chi connectivity index (χ4v) is 2.05. The van der Waals surface area contributed by atoms with E-state index in [0.717, 1.165) is 24.3 Å². The van der Waals surface area contributed by atoms with Crippen molar-refractivity contribution >= 4 is 0 Å². The van der Waals surface area contributed by atoms with Crippen LogP contribution >= 0.6 is 0 Å². The molecule has 4 heteroatoms. The van der Waals surface area contributed by atoms with Crippen LogP contribution in [-0.4, -0.2) is 18.8 Å². The minimum atomic E-state index is -0.343. The lowest BCUT2D eigenvalue weighted by Crippen LogP contribution is -2.17. The summed E-state index contributed by atoms with van der Waals surface area (Å²) in [5.74, 6) is 0.628. The lowest BCUT2D eigenvalue weighted by atomic mass is 10.1. The maximum Gasteiger partial charge on any atom is 0.123 e. The van der Waals surface area contributed by atoms with E-state index in [9.17, 15) is 9.50 Å². The highest BCUT2D eigenvalue weighted by Gasteiger charge is 2.04. The van der Waals surface area contributed by atoms with Gasteiger partial charge in [-0.2, -0.15) is 0 Å². The Balaban J connectivity index is 1.86. The minimum absolute atomic E-state index is 0.108. The van der Waals surface area contributed by atoms with E-state index >= 15 is 0 Å². The summed E-state index contributed by atoms with van der Waals surface area (Å²) < 4.78 is 18.3. The quantitative estimate of drug-likeness (QED) is 0.797. The van der Waals surface area contributed by atoms with Crippen LogP contribution in [0.3, 0.4) is 0 Å². The highest BCUT2D eigenvalue weighted by Crippen LogP contribution is 2.19. The largest absolute Gasteiger partial charge is 0.508 e. The Hall–Kier alpha value is -2.07. The van der Waals surface area contributed by atoms with Crippen LogP contribution in [0.25, 0.3) is 0 Å². The van der Waals surface area contributed by atoms with Gasteiger partial charge in [-0.25, -0.2) is 4.39 Å². The van der Waals surface area contributed by atoms with Gasteiger partial charge in [0.15, 0.2) is 0 Å². The third-order valence-electron chi connectivity index (χ3n) is 3.12. The Labute approximate surface area is 118 Å². The second-order valence-electron chi connectivity index (χ2n) is 4.51. The molecule has 0 saturated carbocycles. The van der Waals surface area contributed by atoms with Crippen molar-refractivity contribution in [2.45, 2.75) is 13.0 Å². The number of halogens is 1. The summed E-state index contributed by atoms with van der Waals surface area (Å²) in [7, 11) is 1.65. The molecule has 0 heterocycles. The lowest BCUT2D eigenvalue weighted by molar-refractivity contribution is 0.409. The first-order valence-corrected chi connectivity index (χ1v) is 6.50. The van der Waals surface area contributed by atoms with Crippen LogP contribution in [0.1, 0.15) is 11.1 Å². The van der Waals surface area contributed by atoms with Crippen molar-refractivity contribution in [2.24, 2.45) is 0 Å². The molecule has 20 heavy (non-hydrogen) atoms. The lowest BCUT2D eigenvalue weighted by Gasteiger charge is -2.09. The van der Waals surface area contributed by atoms with Crippen molar-refractivity contribution in [3.8, 4) is 11.5 Å². The van der Waals surface area contributed by atoms with Gasteiger partial charge in [-0.1, -0.05) is 18.2 Å². The number of phenolic OH excluding ortho intramolecular Hbond substituents is 1. The number of hydrogen-bond donors (Lipinski definition) is 2. The maximum absolute atomic E-state index is 13.1. The molecule has 0 fully saturated rings. The molecule has 3 nitrogen and oxygen atoms in total. The summed E-state index contributed by atoms with van der Waals surface area (Å²) in [6, 6.07) is 11.8. The predicted molar refractivity (Wildman–Crippen MR) is 76.5 cm³/mol. The van der Waals surface area contributed by atoms with E-state index in [4.69, 9.17) is 4.74 Å². The second-order valence-corrected chi connectivity index (χ2v) is 4.51. The molecule has 0 atom stereocenters. The summed E-state index contributed by atoms with van der Waals surface area (Å²) in [6.45, 7) is 1.15. The normalized spacial score (nSPS) is 10.5. The van der Waals surface area contributed by atoms with Crippen LogP contribution in [0.5, 0.6) is 11.5 Å². The first-order valence-electron chi connectivity index (χ1n) is 6.50. The smallest absolute Gasteiger partial charge is 0.123 e. The Morgan fingerprint density at radius 2 is 1.95 bits per heavy atom. The van der Waals surface area contributed by atoms with Crippen molar-refractivity contribution in [1.82, 2.24) is 5.32 Å². The van der Waals surface area contributed by atoms with Crippen molar-refractivity contribution in [2.75, 3.05) is 13.7 Å². The molecule has 0 spiro atoms. The molecule has 0 aliphatic rings. The zero-order chi connectivity index (χ0) is 14.4. The van der Waals surface area contributed by atoms with E-state index < -0.39 is 0 Å². The molecule has 0 aliphatic heterocycles. The van der Waals surface area contributed by atoms with Gasteiger partial charge in [-0.3, -0.25) is 0 Å². The third-order valence-corrected chi connectivity index (χ3v) is 3.12. The number of para-hydroxylation sites is 1. The summed E-state index contributed by atoms with van der Waals surface area (Å²) in [6.07, 6.45) is 0.806. The highest BCUT2D eigenvalue weighted by atomic mass is 19.1. The van der Waals surface area contributed by atoms with Gasteiger partial charge in [0.2, 0.25) is 0 Å². The van der Waals surface area contributed by atoms with Gasteiger partial charge in [0.25, 0.3) is 0 Å². The zero-order valence-electron chi connectivity index (χ0n) is 11.4. The average Bonchev–Trinajstić information content (AvgIpc) is 2.47. The van der Waals surface area contributed by atoms with Gasteiger partial charge in [-0.15, -0.1) is 0 Å². The van der Waals surface area contributed by atoms with E-state index in [2.05, 4.69) is 5.32 Å². The van der Waals surface area contributed by atoms with Gasteiger partial charge < -0.3 is 15.2 Å². The summed E-state index contributed by atoms with van der Waals surface area (Å²) >= 11 is 0. The standard InChI is InChI=1S/C16H18FNO2/c1-20-16-5-3-2-4-12(16)8-9-18-11-13-10-14(17)6-7-15(13)19/h2-7,10,18-19H,8-9,11H2,1H3. The Bertz CT molecular complexity index is 572. The second kappa shape index (κ2) is 6.91. The number of rotatable bonds is 6. The number of hydrogen-bond acceptors (Lipinski definition) is 3. The van der Waals surface area contributed by atoms with Crippen LogP contribution in [0, 0.1) is 5.82 Å². The van der Waals surface area contributed by atoms with Crippen molar-refractivity contribution < 1.29 is 14.2 Å². The number of ether oxygens (including phenoxy) is 1. The molecule has 2 N–H and O–H groups in total. The molecule has 0 bridgehead atoms. The van der Waals surface area contributed by atoms with Crippen LogP contribution < -0.4 is 10.1 Å². The first kappa shape index (κ1) is 14.3. The number of methoxy groups -OCH3 is 1. The molecule has 0 unspecified atom stereocenters. The molecule has 0 amide bonds. The Kier molecular flexibility index (Phi) is 4.96. The SMILES string of the molecule is COc1ccccc1CCNCc1cc(F)ccc1O. The molecule has 2 rings (SSSR count). The summed E-state index contributed by atoms with van der Waals surface area (Å²) in [4.78, 5) is 0. The molecule has 0 saturated heterocycles. The Morgan fingerprint density at radius 1 is 1.15 bits per heavy atom. The van der Waals surface area contributed by atoms with Gasteiger partial charge in [0.1, 0.15) is 17.3 Å². The van der Waals surface area contributed by atoms with E-state index in [-0.39, 0.29) is 11.6 Å². The maximum atomic E-state index is 13.1. The van der Waals surface area contributed by atoms with Gasteiger partial charge in [0.05, 0.1) is 7.11 Å². The van der Waals surface area contributed by atoms with Gasteiger partial charge in [0, 0.05) is 12.1 Å². The molecular formula is C16H18FNO2. The minimum Gasteiger partial charge on any atom is -0.508 e. The van der Waals surface area contributed by atoms with Crippen molar-refractivity contribution in [1.29, 1.82) is 0 Å². The van der Waals surface area contributed by atoms with Gasteiger partial charge in [-0.05, 0) is 42.8 Å². The van der Waals surface area contributed by atoms with Crippen LogP contribution in [0.4, 0.5) is 4.39 Å². The highest BCUT2D eigenvalue weighted by molar-refractivity contribution is 5.34. The van der Waals surface area contributed by atoms with E-state index in [1.54, 1.807) is 7.11 Å². The number of benzene rings is 2. The molecule has 0 aliphatic carbocycles. The van der Waals surface area contributed by atoms with E-state index in [1.807, 2.05) is 24.3 Å². The number of nitrogens with one attached hydrogen (secondary N) is 1. The van der Waals surface area contributed by atoms with Crippen LogP contribution in [0.2, 0.25) is 0 Å². The molecule has 2 aromatic rings. The van der Waals surface area contributed by atoms with Crippen molar-refractivity contribution in [3.63, 3.8) is 0 Å². The molecule has 2 aromatic carbocycles. The van der Waals surface area contributed by atoms with E-state index in [1.165, 1.54) is 18.2 Å². The molecule has 106 valence electrons. The van der Waals surface area contributed by atoms with Crippen molar-refractivity contribution in [3.05, 3.63) is 59.4 Å². The first-order chi connectivity index (χ1) is 9.70. The monoisotopic (exact) mass is 275 g/mol. The van der Waals surface area contributed by atoms with Crippen LogP contribution in [-0.2, 0) is 13.0 Å². The number of aromatic hydroxyl groups is 1. The summed E-state index contributed by atoms with van der Waals surface area (Å²) in [5.41, 5.74) is 1.68. The topological polar surface area (TPSA) is 41.5 Å². The fourth-order valence-electron chi connectivity index (χ4n) is 2.05. The average molecular weight is 275 g/mol.